The molecule has 2 heterocycles. The summed E-state index contributed by atoms with van der Waals surface area (Å²) in [5.74, 6) is 1.50. The first-order chi connectivity index (χ1) is 8.13. The molecule has 0 unspecified atom stereocenters. The first-order valence-electron chi connectivity index (χ1n) is 5.38. The maximum Gasteiger partial charge on any atom is 0.180 e. The minimum Gasteiger partial charge on any atom is -0.369 e. The molecule has 1 N–H and O–H groups in total. The highest BCUT2D eigenvalue weighted by molar-refractivity contribution is 9.10. The third kappa shape index (κ3) is 2.31. The molecule has 0 amide bonds. The Labute approximate surface area is 108 Å². The third-order valence-corrected chi connectivity index (χ3v) is 3.36. The number of hydrogen-bond acceptors (Lipinski definition) is 4. The molecule has 0 atom stereocenters. The van der Waals surface area contributed by atoms with Crippen LogP contribution in [0.4, 0.5) is 5.82 Å². The average molecular weight is 296 g/mol. The van der Waals surface area contributed by atoms with E-state index in [1.807, 2.05) is 25.5 Å². The van der Waals surface area contributed by atoms with Crippen molar-refractivity contribution in [1.29, 1.82) is 0 Å². The van der Waals surface area contributed by atoms with Gasteiger partial charge in [0.25, 0.3) is 0 Å². The van der Waals surface area contributed by atoms with Gasteiger partial charge in [0.15, 0.2) is 5.82 Å². The number of hydrogen-bond donors (Lipinski definition) is 1. The van der Waals surface area contributed by atoms with Gasteiger partial charge in [0.1, 0.15) is 11.5 Å². The highest BCUT2D eigenvalue weighted by Gasteiger charge is 2.12. The second-order valence-electron chi connectivity index (χ2n) is 3.72. The lowest BCUT2D eigenvalue weighted by Gasteiger charge is -2.10. The second kappa shape index (κ2) is 4.83. The summed E-state index contributed by atoms with van der Waals surface area (Å²) in [5, 5.41) is 3.21. The van der Waals surface area contributed by atoms with Crippen molar-refractivity contribution in [3.05, 3.63) is 22.7 Å². The van der Waals surface area contributed by atoms with E-state index in [0.717, 1.165) is 28.2 Å². The fourth-order valence-electron chi connectivity index (χ4n) is 1.53. The van der Waals surface area contributed by atoms with Crippen LogP contribution in [0.15, 0.2) is 17.0 Å². The summed E-state index contributed by atoms with van der Waals surface area (Å²) in [6, 6.07) is 0. The van der Waals surface area contributed by atoms with Gasteiger partial charge < -0.3 is 9.88 Å². The molecule has 2 rings (SSSR count). The van der Waals surface area contributed by atoms with E-state index in [-0.39, 0.29) is 0 Å². The van der Waals surface area contributed by atoms with E-state index in [2.05, 4.69) is 36.2 Å². The van der Waals surface area contributed by atoms with Crippen LogP contribution in [0.2, 0.25) is 0 Å². The predicted octanol–water partition coefficient (Wildman–Crippen LogP) is 2.38. The van der Waals surface area contributed by atoms with E-state index in [4.69, 9.17) is 0 Å². The molecule has 0 spiro atoms. The third-order valence-electron chi connectivity index (χ3n) is 2.41. The van der Waals surface area contributed by atoms with E-state index < -0.39 is 0 Å². The summed E-state index contributed by atoms with van der Waals surface area (Å²) < 4.78 is 2.81. The molecule has 2 aromatic rings. The van der Waals surface area contributed by atoms with Crippen molar-refractivity contribution < 1.29 is 0 Å². The van der Waals surface area contributed by atoms with Crippen molar-refractivity contribution in [2.24, 2.45) is 7.05 Å². The van der Waals surface area contributed by atoms with Gasteiger partial charge in [-0.3, -0.25) is 0 Å². The number of imidazole rings is 1. The van der Waals surface area contributed by atoms with Crippen LogP contribution in [0.3, 0.4) is 0 Å². The highest BCUT2D eigenvalue weighted by atomic mass is 79.9. The zero-order chi connectivity index (χ0) is 12.4. The number of rotatable bonds is 3. The van der Waals surface area contributed by atoms with Crippen molar-refractivity contribution in [1.82, 2.24) is 19.5 Å². The molecule has 6 heteroatoms. The molecule has 0 aliphatic heterocycles. The summed E-state index contributed by atoms with van der Waals surface area (Å²) in [6.07, 6.45) is 3.50. The number of aromatic nitrogens is 4. The van der Waals surface area contributed by atoms with Gasteiger partial charge in [-0.15, -0.1) is 0 Å². The molecule has 0 aromatic carbocycles. The van der Waals surface area contributed by atoms with Crippen LogP contribution in [0.1, 0.15) is 12.6 Å². The number of aryl methyl sites for hydroxylation is 2. The fraction of sp³-hybridized carbons (Fsp3) is 0.364. The Balaban J connectivity index is 2.53. The Morgan fingerprint density at radius 2 is 2.18 bits per heavy atom. The maximum absolute atomic E-state index is 4.50. The van der Waals surface area contributed by atoms with Crippen LogP contribution in [0, 0.1) is 6.92 Å². The summed E-state index contributed by atoms with van der Waals surface area (Å²) >= 11 is 3.49. The number of nitrogens with one attached hydrogen (secondary N) is 1. The smallest absolute Gasteiger partial charge is 0.180 e. The molecule has 0 saturated carbocycles. The van der Waals surface area contributed by atoms with Gasteiger partial charge >= 0.3 is 0 Å². The van der Waals surface area contributed by atoms with Gasteiger partial charge in [0.05, 0.1) is 22.7 Å². The summed E-state index contributed by atoms with van der Waals surface area (Å²) in [6.45, 7) is 4.81. The lowest BCUT2D eigenvalue weighted by molar-refractivity contribution is 0.904. The van der Waals surface area contributed by atoms with Crippen LogP contribution in [-0.4, -0.2) is 26.1 Å². The molecule has 90 valence electrons. The normalized spacial score (nSPS) is 10.6. The average Bonchev–Trinajstić information content (AvgIpc) is 2.71. The van der Waals surface area contributed by atoms with Crippen molar-refractivity contribution in [2.45, 2.75) is 13.8 Å². The molecule has 0 bridgehead atoms. The van der Waals surface area contributed by atoms with Crippen LogP contribution >= 0.6 is 15.9 Å². The molecule has 0 fully saturated rings. The molecule has 0 aliphatic carbocycles. The quantitative estimate of drug-likeness (QED) is 0.945. The molecular formula is C11H14BrN5. The van der Waals surface area contributed by atoms with Crippen LogP contribution in [0.5, 0.6) is 0 Å². The van der Waals surface area contributed by atoms with E-state index in [1.54, 1.807) is 12.5 Å². The van der Waals surface area contributed by atoms with Crippen LogP contribution < -0.4 is 5.32 Å². The lowest BCUT2D eigenvalue weighted by Crippen LogP contribution is -2.05. The molecule has 0 saturated heterocycles. The Bertz CT molecular complexity index is 535. The molecule has 0 aliphatic rings. The number of anilines is 1. The minimum atomic E-state index is 0.682. The minimum absolute atomic E-state index is 0.682. The largest absolute Gasteiger partial charge is 0.369 e. The molecule has 17 heavy (non-hydrogen) atoms. The zero-order valence-electron chi connectivity index (χ0n) is 10.0. The first-order valence-corrected chi connectivity index (χ1v) is 6.17. The SMILES string of the molecule is CCNc1nc(-c2cncn2C)nc(C)c1Br. The van der Waals surface area contributed by atoms with E-state index in [0.29, 0.717) is 5.82 Å². The van der Waals surface area contributed by atoms with Gasteiger partial charge in [-0.25, -0.2) is 15.0 Å². The van der Waals surface area contributed by atoms with Gasteiger partial charge in [0.2, 0.25) is 0 Å². The molecule has 0 radical (unpaired) electrons. The first kappa shape index (κ1) is 12.0. The van der Waals surface area contributed by atoms with Gasteiger partial charge in [-0.05, 0) is 29.8 Å². The Kier molecular flexibility index (Phi) is 3.42. The topological polar surface area (TPSA) is 55.6 Å². The summed E-state index contributed by atoms with van der Waals surface area (Å²) in [7, 11) is 1.93. The standard InChI is InChI=1S/C11H14BrN5/c1-4-14-11-9(12)7(2)15-10(16-11)8-5-13-6-17(8)3/h5-6H,4H2,1-3H3,(H,14,15,16). The second-order valence-corrected chi connectivity index (χ2v) is 4.51. The maximum atomic E-state index is 4.50. The Morgan fingerprint density at radius 1 is 1.41 bits per heavy atom. The van der Waals surface area contributed by atoms with Crippen molar-refractivity contribution in [3.63, 3.8) is 0 Å². The molecule has 5 nitrogen and oxygen atoms in total. The zero-order valence-corrected chi connectivity index (χ0v) is 11.6. The van der Waals surface area contributed by atoms with Crippen LogP contribution in [-0.2, 0) is 7.05 Å². The molecular weight excluding hydrogens is 282 g/mol. The van der Waals surface area contributed by atoms with Crippen molar-refractivity contribution >= 4 is 21.7 Å². The van der Waals surface area contributed by atoms with E-state index in [1.165, 1.54) is 0 Å². The van der Waals surface area contributed by atoms with Gasteiger partial charge in [-0.2, -0.15) is 0 Å². The lowest BCUT2D eigenvalue weighted by atomic mass is 10.3. The Morgan fingerprint density at radius 3 is 2.76 bits per heavy atom. The summed E-state index contributed by atoms with van der Waals surface area (Å²) in [4.78, 5) is 13.0. The van der Waals surface area contributed by atoms with Gasteiger partial charge in [-0.1, -0.05) is 0 Å². The van der Waals surface area contributed by atoms with E-state index in [9.17, 15) is 0 Å². The van der Waals surface area contributed by atoms with Gasteiger partial charge in [0, 0.05) is 13.6 Å². The van der Waals surface area contributed by atoms with Crippen molar-refractivity contribution in [2.75, 3.05) is 11.9 Å². The highest BCUT2D eigenvalue weighted by Crippen LogP contribution is 2.26. The molecule has 2 aromatic heterocycles. The summed E-state index contributed by atoms with van der Waals surface area (Å²) in [5.41, 5.74) is 1.81. The van der Waals surface area contributed by atoms with E-state index >= 15 is 0 Å². The monoisotopic (exact) mass is 295 g/mol. The van der Waals surface area contributed by atoms with Crippen LogP contribution in [0.25, 0.3) is 11.5 Å². The fourth-order valence-corrected chi connectivity index (χ4v) is 1.85. The Hall–Kier alpha value is -1.43. The van der Waals surface area contributed by atoms with Crippen molar-refractivity contribution in [3.8, 4) is 11.5 Å². The predicted molar refractivity (Wildman–Crippen MR) is 70.8 cm³/mol. The number of nitrogens with zero attached hydrogens (tertiary/aromatic N) is 4. The number of halogens is 1.